The third-order valence-electron chi connectivity index (χ3n) is 4.86. The molecule has 1 aliphatic rings. The zero-order valence-corrected chi connectivity index (χ0v) is 18.0. The van der Waals surface area contributed by atoms with Gasteiger partial charge in [0, 0.05) is 20.0 Å². The summed E-state index contributed by atoms with van der Waals surface area (Å²) in [6, 6.07) is 6.06. The Morgan fingerprint density at radius 1 is 1.13 bits per heavy atom. The molecule has 1 aromatic carbocycles. The van der Waals surface area contributed by atoms with Gasteiger partial charge in [-0.1, -0.05) is 12.1 Å². The maximum atomic E-state index is 12.5. The second-order valence-electron chi connectivity index (χ2n) is 6.96. The van der Waals surface area contributed by atoms with Crippen molar-refractivity contribution in [3.8, 4) is 5.75 Å². The lowest BCUT2D eigenvalue weighted by Crippen LogP contribution is -2.48. The number of hydrogen-bond donors (Lipinski definition) is 2. The summed E-state index contributed by atoms with van der Waals surface area (Å²) in [6.45, 7) is 1.53. The van der Waals surface area contributed by atoms with Crippen molar-refractivity contribution >= 4 is 28.0 Å². The molecule has 0 spiro atoms. The number of ether oxygens (including phenoxy) is 2. The second kappa shape index (κ2) is 10.4. The van der Waals surface area contributed by atoms with E-state index in [1.807, 2.05) is 4.72 Å². The zero-order chi connectivity index (χ0) is 22.3. The highest BCUT2D eigenvalue weighted by Crippen LogP contribution is 2.22. The molecular formula is C19H27N3O7S. The van der Waals surface area contributed by atoms with E-state index in [9.17, 15) is 22.8 Å². The van der Waals surface area contributed by atoms with Crippen LogP contribution in [0.2, 0.25) is 0 Å². The Balaban J connectivity index is 2.01. The van der Waals surface area contributed by atoms with Crippen LogP contribution in [0.4, 0.5) is 0 Å². The van der Waals surface area contributed by atoms with E-state index < -0.39 is 22.2 Å². The molecule has 0 aliphatic carbocycles. The molecule has 10 nitrogen and oxygen atoms in total. The van der Waals surface area contributed by atoms with Crippen molar-refractivity contribution in [3.63, 3.8) is 0 Å². The summed E-state index contributed by atoms with van der Waals surface area (Å²) in [5.74, 6) is -1.20. The van der Waals surface area contributed by atoms with Crippen LogP contribution in [-0.2, 0) is 29.3 Å². The lowest BCUT2D eigenvalue weighted by molar-refractivity contribution is -0.146. The highest BCUT2D eigenvalue weighted by atomic mass is 32.2. The fourth-order valence-corrected chi connectivity index (χ4v) is 4.46. The molecule has 1 saturated heterocycles. The summed E-state index contributed by atoms with van der Waals surface area (Å²) >= 11 is 0. The largest absolute Gasteiger partial charge is 0.497 e. The molecule has 1 aromatic rings. The van der Waals surface area contributed by atoms with Crippen molar-refractivity contribution in [2.75, 3.05) is 27.3 Å². The summed E-state index contributed by atoms with van der Waals surface area (Å²) in [7, 11) is -1.24. The molecule has 2 amide bonds. The van der Waals surface area contributed by atoms with Gasteiger partial charge in [-0.05, 0) is 30.5 Å². The molecule has 1 heterocycles. The normalized spacial score (nSPS) is 16.4. The maximum Gasteiger partial charge on any atom is 0.308 e. The van der Waals surface area contributed by atoms with E-state index in [4.69, 9.17) is 4.74 Å². The van der Waals surface area contributed by atoms with E-state index >= 15 is 0 Å². The highest BCUT2D eigenvalue weighted by molar-refractivity contribution is 7.87. The number of amides is 2. The number of esters is 1. The maximum absolute atomic E-state index is 12.5. The Labute approximate surface area is 176 Å². The van der Waals surface area contributed by atoms with Crippen LogP contribution < -0.4 is 14.8 Å². The summed E-state index contributed by atoms with van der Waals surface area (Å²) < 4.78 is 38.0. The predicted octanol–water partition coefficient (Wildman–Crippen LogP) is 0.509. The van der Waals surface area contributed by atoms with E-state index in [-0.39, 0.29) is 37.3 Å². The lowest BCUT2D eigenvalue weighted by Gasteiger charge is -2.29. The molecule has 2 rings (SSSR count). The quantitative estimate of drug-likeness (QED) is 0.562. The van der Waals surface area contributed by atoms with Gasteiger partial charge in [0.1, 0.15) is 5.75 Å². The minimum Gasteiger partial charge on any atom is -0.497 e. The van der Waals surface area contributed by atoms with E-state index in [0.29, 0.717) is 24.2 Å². The first-order valence-electron chi connectivity index (χ1n) is 9.46. The fraction of sp³-hybridized carbons (Fsp3) is 0.526. The van der Waals surface area contributed by atoms with Crippen LogP contribution in [0, 0.1) is 5.92 Å². The molecule has 1 atom stereocenters. The molecular weight excluding hydrogens is 414 g/mol. The van der Waals surface area contributed by atoms with E-state index in [1.54, 1.807) is 24.3 Å². The minimum absolute atomic E-state index is 0.107. The van der Waals surface area contributed by atoms with Gasteiger partial charge in [0.25, 0.3) is 0 Å². The van der Waals surface area contributed by atoms with Crippen LogP contribution in [-0.4, -0.2) is 57.8 Å². The number of benzene rings is 1. The second-order valence-corrected chi connectivity index (χ2v) is 8.63. The Bertz CT molecular complexity index is 863. The van der Waals surface area contributed by atoms with E-state index in [0.717, 1.165) is 4.31 Å². The van der Waals surface area contributed by atoms with Gasteiger partial charge >= 0.3 is 16.2 Å². The Kier molecular flexibility index (Phi) is 8.18. The van der Waals surface area contributed by atoms with Gasteiger partial charge < -0.3 is 14.8 Å². The van der Waals surface area contributed by atoms with Gasteiger partial charge in [-0.3, -0.25) is 14.4 Å². The third kappa shape index (κ3) is 6.42. The fourth-order valence-electron chi connectivity index (χ4n) is 3.27. The highest BCUT2D eigenvalue weighted by Gasteiger charge is 2.33. The standard InChI is InChI=1S/C19H27N3O7S/c1-13(23)20-17(14-4-6-16(28-2)7-5-14)12-18(24)21-30(26,27)22-10-8-15(9-11-22)19(25)29-3/h4-7,15,17H,8-12H2,1-3H3,(H,20,23)(H,21,24). The number of methoxy groups -OCH3 is 2. The van der Waals surface area contributed by atoms with Gasteiger partial charge in [0.05, 0.1) is 32.6 Å². The third-order valence-corrected chi connectivity index (χ3v) is 6.39. The average molecular weight is 442 g/mol. The number of nitrogens with one attached hydrogen (secondary N) is 2. The van der Waals surface area contributed by atoms with Gasteiger partial charge in [-0.15, -0.1) is 0 Å². The van der Waals surface area contributed by atoms with Crippen LogP contribution in [0.5, 0.6) is 5.75 Å². The molecule has 2 N–H and O–H groups in total. The number of nitrogens with zero attached hydrogens (tertiary/aromatic N) is 1. The number of hydrogen-bond acceptors (Lipinski definition) is 7. The number of rotatable bonds is 8. The summed E-state index contributed by atoms with van der Waals surface area (Å²) in [6.07, 6.45) is 0.383. The number of carbonyl (C=O) groups is 3. The average Bonchev–Trinajstić information content (AvgIpc) is 2.72. The minimum atomic E-state index is -4.06. The van der Waals surface area contributed by atoms with Crippen molar-refractivity contribution in [1.29, 1.82) is 0 Å². The molecule has 30 heavy (non-hydrogen) atoms. The van der Waals surface area contributed by atoms with E-state index in [1.165, 1.54) is 21.1 Å². The van der Waals surface area contributed by atoms with Crippen LogP contribution in [0.3, 0.4) is 0 Å². The van der Waals surface area contributed by atoms with Crippen molar-refractivity contribution in [3.05, 3.63) is 29.8 Å². The lowest BCUT2D eigenvalue weighted by atomic mass is 9.99. The van der Waals surface area contributed by atoms with Crippen molar-refractivity contribution < 1.29 is 32.3 Å². The molecule has 0 bridgehead atoms. The molecule has 0 saturated carbocycles. The van der Waals surface area contributed by atoms with Crippen LogP contribution >= 0.6 is 0 Å². The van der Waals surface area contributed by atoms with Crippen molar-refractivity contribution in [2.45, 2.75) is 32.2 Å². The van der Waals surface area contributed by atoms with Gasteiger partial charge in [0.15, 0.2) is 0 Å². The number of carbonyl (C=O) groups excluding carboxylic acids is 3. The molecule has 1 fully saturated rings. The first kappa shape index (κ1) is 23.6. The Hall–Kier alpha value is -2.66. The van der Waals surface area contributed by atoms with Crippen molar-refractivity contribution in [2.24, 2.45) is 5.92 Å². The Morgan fingerprint density at radius 2 is 1.73 bits per heavy atom. The predicted molar refractivity (Wildman–Crippen MR) is 108 cm³/mol. The van der Waals surface area contributed by atoms with Crippen LogP contribution in [0.15, 0.2) is 24.3 Å². The molecule has 0 radical (unpaired) electrons. The summed E-state index contributed by atoms with van der Waals surface area (Å²) in [5.41, 5.74) is 0.637. The SMILES string of the molecule is COC(=O)C1CCN(S(=O)(=O)NC(=O)CC(NC(C)=O)c2ccc(OC)cc2)CC1. The zero-order valence-electron chi connectivity index (χ0n) is 17.2. The van der Waals surface area contributed by atoms with Crippen LogP contribution in [0.25, 0.3) is 0 Å². The monoisotopic (exact) mass is 441 g/mol. The molecule has 166 valence electrons. The van der Waals surface area contributed by atoms with Crippen molar-refractivity contribution in [1.82, 2.24) is 14.3 Å². The molecule has 0 aromatic heterocycles. The first-order chi connectivity index (χ1) is 14.2. The molecule has 1 unspecified atom stereocenters. The van der Waals surface area contributed by atoms with Gasteiger partial charge in [-0.25, -0.2) is 4.72 Å². The number of piperidine rings is 1. The Morgan fingerprint density at radius 3 is 2.23 bits per heavy atom. The summed E-state index contributed by atoms with van der Waals surface area (Å²) in [4.78, 5) is 35.6. The summed E-state index contributed by atoms with van der Waals surface area (Å²) in [5, 5.41) is 2.65. The van der Waals surface area contributed by atoms with Crippen LogP contribution in [0.1, 0.15) is 37.8 Å². The van der Waals surface area contributed by atoms with Gasteiger partial charge in [0.2, 0.25) is 11.8 Å². The smallest absolute Gasteiger partial charge is 0.308 e. The van der Waals surface area contributed by atoms with Gasteiger partial charge in [-0.2, -0.15) is 12.7 Å². The molecule has 11 heteroatoms. The topological polar surface area (TPSA) is 131 Å². The van der Waals surface area contributed by atoms with E-state index in [2.05, 4.69) is 10.1 Å². The first-order valence-corrected chi connectivity index (χ1v) is 10.9. The molecule has 1 aliphatic heterocycles.